The van der Waals surface area contributed by atoms with Crippen LogP contribution in [0.3, 0.4) is 0 Å². The van der Waals surface area contributed by atoms with Gasteiger partial charge in [0.15, 0.2) is 0 Å². The van der Waals surface area contributed by atoms with Gasteiger partial charge in [0.1, 0.15) is 11.5 Å². The Morgan fingerprint density at radius 3 is 2.41 bits per heavy atom. The zero-order chi connectivity index (χ0) is 19.4. The van der Waals surface area contributed by atoms with E-state index >= 15 is 0 Å². The standard InChI is InChI=1S/C18H17Cl2NO5S/c19-15-11-16(20)17(27(23,24)21-6-8-25-9-7-21)10-14(15)18(22)26-12-13-4-2-1-3-5-13/h1-5,10-11H,6-9,12H2. The lowest BCUT2D eigenvalue weighted by molar-refractivity contribution is 0.0472. The third-order valence-electron chi connectivity index (χ3n) is 4.04. The molecular formula is C18H17Cl2NO5S. The van der Waals surface area contributed by atoms with Crippen LogP contribution in [0.15, 0.2) is 47.4 Å². The Balaban J connectivity index is 1.86. The Kier molecular flexibility index (Phi) is 6.39. The average Bonchev–Trinajstić information content (AvgIpc) is 2.67. The second-order valence-corrected chi connectivity index (χ2v) is 8.56. The van der Waals surface area contributed by atoms with Crippen molar-refractivity contribution in [3.05, 3.63) is 63.6 Å². The highest BCUT2D eigenvalue weighted by Gasteiger charge is 2.30. The van der Waals surface area contributed by atoms with E-state index in [9.17, 15) is 13.2 Å². The Morgan fingerprint density at radius 2 is 1.74 bits per heavy atom. The fourth-order valence-corrected chi connectivity index (χ4v) is 4.84. The molecule has 0 aromatic heterocycles. The molecule has 2 aromatic rings. The molecule has 9 heteroatoms. The Hall–Kier alpha value is -1.64. The number of carbonyl (C=O) groups excluding carboxylic acids is 1. The van der Waals surface area contributed by atoms with Crippen LogP contribution >= 0.6 is 23.2 Å². The van der Waals surface area contributed by atoms with Crippen molar-refractivity contribution in [1.29, 1.82) is 0 Å². The van der Waals surface area contributed by atoms with Gasteiger partial charge in [0.05, 0.1) is 28.8 Å². The topological polar surface area (TPSA) is 72.9 Å². The number of morpholine rings is 1. The van der Waals surface area contributed by atoms with Gasteiger partial charge in [-0.15, -0.1) is 0 Å². The highest BCUT2D eigenvalue weighted by Crippen LogP contribution is 2.31. The van der Waals surface area contributed by atoms with Gasteiger partial charge in [-0.25, -0.2) is 13.2 Å². The van der Waals surface area contributed by atoms with Gasteiger partial charge in [-0.3, -0.25) is 0 Å². The van der Waals surface area contributed by atoms with Crippen molar-refractivity contribution >= 4 is 39.2 Å². The van der Waals surface area contributed by atoms with E-state index in [0.29, 0.717) is 13.2 Å². The van der Waals surface area contributed by atoms with Crippen molar-refractivity contribution < 1.29 is 22.7 Å². The van der Waals surface area contributed by atoms with Gasteiger partial charge in [-0.1, -0.05) is 53.5 Å². The summed E-state index contributed by atoms with van der Waals surface area (Å²) in [5.41, 5.74) is 0.751. The van der Waals surface area contributed by atoms with Crippen molar-refractivity contribution in [2.24, 2.45) is 0 Å². The molecule has 1 aliphatic heterocycles. The van der Waals surface area contributed by atoms with E-state index in [0.717, 1.165) is 5.56 Å². The first-order valence-electron chi connectivity index (χ1n) is 8.17. The van der Waals surface area contributed by atoms with Crippen LogP contribution in [0.4, 0.5) is 0 Å². The minimum absolute atomic E-state index is 0.0268. The Labute approximate surface area is 167 Å². The van der Waals surface area contributed by atoms with Crippen LogP contribution in [-0.2, 0) is 26.1 Å². The van der Waals surface area contributed by atoms with Gasteiger partial charge in [-0.2, -0.15) is 4.31 Å². The highest BCUT2D eigenvalue weighted by atomic mass is 35.5. The second kappa shape index (κ2) is 8.58. The molecule has 0 unspecified atom stereocenters. The van der Waals surface area contributed by atoms with Crippen LogP contribution in [-0.4, -0.2) is 45.0 Å². The number of rotatable bonds is 5. The van der Waals surface area contributed by atoms with Crippen LogP contribution in [0.25, 0.3) is 0 Å². The van der Waals surface area contributed by atoms with Gasteiger partial charge in [-0.05, 0) is 17.7 Å². The molecule has 0 radical (unpaired) electrons. The Bertz CT molecular complexity index is 928. The van der Waals surface area contributed by atoms with Gasteiger partial charge in [0, 0.05) is 13.1 Å². The molecule has 0 atom stereocenters. The number of halogens is 2. The fourth-order valence-electron chi connectivity index (χ4n) is 2.61. The summed E-state index contributed by atoms with van der Waals surface area (Å²) in [6.07, 6.45) is 0. The number of sulfonamides is 1. The number of nitrogens with zero attached hydrogens (tertiary/aromatic N) is 1. The molecule has 1 aliphatic rings. The molecule has 0 bridgehead atoms. The number of carbonyl (C=O) groups is 1. The molecular weight excluding hydrogens is 413 g/mol. The van der Waals surface area contributed by atoms with Crippen LogP contribution < -0.4 is 0 Å². The zero-order valence-corrected chi connectivity index (χ0v) is 16.6. The number of hydrogen-bond acceptors (Lipinski definition) is 5. The summed E-state index contributed by atoms with van der Waals surface area (Å²) < 4.78 is 37.4. The minimum atomic E-state index is -3.88. The van der Waals surface area contributed by atoms with Crippen molar-refractivity contribution in [3.63, 3.8) is 0 Å². The van der Waals surface area contributed by atoms with E-state index < -0.39 is 16.0 Å². The van der Waals surface area contributed by atoms with E-state index in [4.69, 9.17) is 32.7 Å². The van der Waals surface area contributed by atoms with Crippen molar-refractivity contribution in [1.82, 2.24) is 4.31 Å². The normalized spacial score (nSPS) is 15.5. The number of hydrogen-bond donors (Lipinski definition) is 0. The maximum absolute atomic E-state index is 12.9. The monoisotopic (exact) mass is 429 g/mol. The van der Waals surface area contributed by atoms with Gasteiger partial charge >= 0.3 is 5.97 Å². The highest BCUT2D eigenvalue weighted by molar-refractivity contribution is 7.89. The molecule has 1 heterocycles. The molecule has 1 saturated heterocycles. The molecule has 6 nitrogen and oxygen atoms in total. The van der Waals surface area contributed by atoms with Crippen molar-refractivity contribution in [2.75, 3.05) is 26.3 Å². The second-order valence-electron chi connectivity index (χ2n) is 5.84. The number of benzene rings is 2. The quantitative estimate of drug-likeness (QED) is 0.681. The van der Waals surface area contributed by atoms with E-state index in [1.807, 2.05) is 30.3 Å². The summed E-state index contributed by atoms with van der Waals surface area (Å²) in [6.45, 7) is 1.08. The lowest BCUT2D eigenvalue weighted by Gasteiger charge is -2.26. The third-order valence-corrected chi connectivity index (χ3v) is 6.72. The average molecular weight is 430 g/mol. The van der Waals surface area contributed by atoms with Crippen LogP contribution in [0.2, 0.25) is 10.0 Å². The SMILES string of the molecule is O=C(OCc1ccccc1)c1cc(S(=O)(=O)N2CCOCC2)c(Cl)cc1Cl. The number of ether oxygens (including phenoxy) is 2. The summed E-state index contributed by atoms with van der Waals surface area (Å²) in [6, 6.07) is 11.5. The maximum atomic E-state index is 12.9. The first kappa shape index (κ1) is 20.1. The zero-order valence-electron chi connectivity index (χ0n) is 14.2. The predicted molar refractivity (Wildman–Crippen MR) is 102 cm³/mol. The molecule has 0 spiro atoms. The van der Waals surface area contributed by atoms with E-state index in [1.165, 1.54) is 16.4 Å². The van der Waals surface area contributed by atoms with Crippen molar-refractivity contribution in [3.8, 4) is 0 Å². The summed E-state index contributed by atoms with van der Waals surface area (Å²) >= 11 is 12.2. The lowest BCUT2D eigenvalue weighted by atomic mass is 10.2. The molecule has 0 N–H and O–H groups in total. The maximum Gasteiger partial charge on any atom is 0.340 e. The van der Waals surface area contributed by atoms with Gasteiger partial charge in [0.25, 0.3) is 0 Å². The molecule has 0 aliphatic carbocycles. The summed E-state index contributed by atoms with van der Waals surface area (Å²) in [7, 11) is -3.88. The summed E-state index contributed by atoms with van der Waals surface area (Å²) in [5.74, 6) is -0.723. The minimum Gasteiger partial charge on any atom is -0.457 e. The predicted octanol–water partition coefficient (Wildman–Crippen LogP) is 3.37. The third kappa shape index (κ3) is 4.62. The fraction of sp³-hybridized carbons (Fsp3) is 0.278. The summed E-state index contributed by atoms with van der Waals surface area (Å²) in [4.78, 5) is 12.2. The molecule has 27 heavy (non-hydrogen) atoms. The first-order valence-corrected chi connectivity index (χ1v) is 10.4. The molecule has 3 rings (SSSR count). The smallest absolute Gasteiger partial charge is 0.340 e. The van der Waals surface area contributed by atoms with E-state index in [2.05, 4.69) is 0 Å². The molecule has 144 valence electrons. The van der Waals surface area contributed by atoms with Gasteiger partial charge in [0.2, 0.25) is 10.0 Å². The van der Waals surface area contributed by atoms with Crippen LogP contribution in [0.1, 0.15) is 15.9 Å². The van der Waals surface area contributed by atoms with Gasteiger partial charge < -0.3 is 9.47 Å². The molecule has 1 fully saturated rings. The molecule has 0 amide bonds. The summed E-state index contributed by atoms with van der Waals surface area (Å²) in [5, 5.41) is -0.0231. The van der Waals surface area contributed by atoms with Crippen LogP contribution in [0, 0.1) is 0 Å². The van der Waals surface area contributed by atoms with E-state index in [1.54, 1.807) is 0 Å². The molecule has 0 saturated carbocycles. The molecule has 2 aromatic carbocycles. The first-order chi connectivity index (χ1) is 12.9. The number of esters is 1. The lowest BCUT2D eigenvalue weighted by Crippen LogP contribution is -2.40. The van der Waals surface area contributed by atoms with Crippen LogP contribution in [0.5, 0.6) is 0 Å². The van der Waals surface area contributed by atoms with Crippen molar-refractivity contribution in [2.45, 2.75) is 11.5 Å². The largest absolute Gasteiger partial charge is 0.457 e. The Morgan fingerprint density at radius 1 is 1.07 bits per heavy atom. The van der Waals surface area contributed by atoms with E-state index in [-0.39, 0.29) is 40.2 Å².